The molecule has 7 heavy (non-hydrogen) atoms. The summed E-state index contributed by atoms with van der Waals surface area (Å²) in [7, 11) is -2.89. The zero-order valence-corrected chi connectivity index (χ0v) is 5.75. The lowest BCUT2D eigenvalue weighted by atomic mass is 11.0. The van der Waals surface area contributed by atoms with Crippen LogP contribution in [0.4, 0.5) is 0 Å². The molecular formula is C3H8ClO2P. The molecule has 0 spiro atoms. The molecule has 0 amide bonds. The summed E-state index contributed by atoms with van der Waals surface area (Å²) >= 11 is 5.08. The first-order chi connectivity index (χ1) is 3.12. The second kappa shape index (κ2) is 2.71. The molecule has 0 heterocycles. The van der Waals surface area contributed by atoms with Crippen LogP contribution < -0.4 is 0 Å². The van der Waals surface area contributed by atoms with Crippen molar-refractivity contribution in [3.8, 4) is 0 Å². The van der Waals surface area contributed by atoms with Crippen LogP contribution in [0.1, 0.15) is 6.92 Å². The van der Waals surface area contributed by atoms with E-state index in [4.69, 9.17) is 16.5 Å². The fourth-order valence-corrected chi connectivity index (χ4v) is 0.761. The van der Waals surface area contributed by atoms with Gasteiger partial charge in [-0.15, -0.1) is 11.6 Å². The maximum atomic E-state index is 10.4. The van der Waals surface area contributed by atoms with Crippen LogP contribution in [0.15, 0.2) is 0 Å². The molecule has 0 saturated carbocycles. The van der Waals surface area contributed by atoms with Crippen molar-refractivity contribution >= 4 is 19.0 Å². The predicted molar refractivity (Wildman–Crippen MR) is 31.1 cm³/mol. The third-order valence-corrected chi connectivity index (χ3v) is 3.16. The van der Waals surface area contributed by atoms with Gasteiger partial charge in [-0.2, -0.15) is 0 Å². The van der Waals surface area contributed by atoms with Crippen molar-refractivity contribution in [3.05, 3.63) is 0 Å². The van der Waals surface area contributed by atoms with Gasteiger partial charge in [-0.05, 0) is 0 Å². The Hall–Kier alpha value is 0.480. The van der Waals surface area contributed by atoms with Gasteiger partial charge in [-0.25, -0.2) is 0 Å². The molecule has 0 aromatic carbocycles. The van der Waals surface area contributed by atoms with Crippen molar-refractivity contribution in [1.29, 1.82) is 0 Å². The second-order valence-electron chi connectivity index (χ2n) is 1.28. The van der Waals surface area contributed by atoms with E-state index in [1.165, 1.54) is 0 Å². The van der Waals surface area contributed by atoms with Crippen LogP contribution in [0, 0.1) is 0 Å². The van der Waals surface area contributed by atoms with Crippen molar-refractivity contribution in [2.24, 2.45) is 0 Å². The van der Waals surface area contributed by atoms with Crippen LogP contribution in [0.2, 0.25) is 0 Å². The fourth-order valence-electron chi connectivity index (χ4n) is 0.0845. The van der Waals surface area contributed by atoms with Crippen LogP contribution in [-0.2, 0) is 4.57 Å². The average Bonchev–Trinajstić information content (AvgIpc) is 1.68. The Labute approximate surface area is 47.9 Å². The number of rotatable bonds is 2. The minimum absolute atomic E-state index is 0.122. The molecule has 0 aliphatic rings. The van der Waals surface area contributed by atoms with Gasteiger partial charge >= 0.3 is 0 Å². The number of alkyl halides is 1. The molecule has 2 nitrogen and oxygen atoms in total. The summed E-state index contributed by atoms with van der Waals surface area (Å²) in [6.07, 6.45) is 0.274. The molecule has 1 N–H and O–H groups in total. The summed E-state index contributed by atoms with van der Waals surface area (Å²) < 4.78 is 10.4. The molecule has 0 aliphatic heterocycles. The molecule has 0 saturated heterocycles. The molecule has 1 atom stereocenters. The first-order valence-electron chi connectivity index (χ1n) is 1.99. The lowest BCUT2D eigenvalue weighted by Crippen LogP contribution is -1.82. The quantitative estimate of drug-likeness (QED) is 0.468. The lowest BCUT2D eigenvalue weighted by molar-refractivity contribution is 0.484. The first kappa shape index (κ1) is 7.48. The van der Waals surface area contributed by atoms with Gasteiger partial charge in [-0.1, -0.05) is 6.92 Å². The van der Waals surface area contributed by atoms with Crippen LogP contribution in [0.25, 0.3) is 0 Å². The molecule has 0 rings (SSSR count). The number of hydrogen-bond donors (Lipinski definition) is 1. The van der Waals surface area contributed by atoms with Gasteiger partial charge in [0.2, 0.25) is 7.37 Å². The van der Waals surface area contributed by atoms with E-state index in [1.807, 2.05) is 0 Å². The molecule has 0 radical (unpaired) electrons. The van der Waals surface area contributed by atoms with Crippen LogP contribution in [-0.4, -0.2) is 16.7 Å². The molecular weight excluding hydrogens is 134 g/mol. The van der Waals surface area contributed by atoms with Gasteiger partial charge in [0, 0.05) is 6.16 Å². The highest BCUT2D eigenvalue weighted by atomic mass is 35.5. The van der Waals surface area contributed by atoms with E-state index in [-0.39, 0.29) is 11.8 Å². The zero-order chi connectivity index (χ0) is 5.91. The van der Waals surface area contributed by atoms with Crippen molar-refractivity contribution in [1.82, 2.24) is 0 Å². The summed E-state index contributed by atoms with van der Waals surface area (Å²) in [4.78, 5) is 8.56. The second-order valence-corrected chi connectivity index (χ2v) is 4.56. The predicted octanol–water partition coefficient (Wildman–Crippen LogP) is 1.47. The standard InChI is InChI=1S/C3H8ClO2P/c1-2-7(5,6)3-4/h2-3H2,1H3,(H,5,6). The molecule has 44 valence electrons. The topological polar surface area (TPSA) is 37.3 Å². The Kier molecular flexibility index (Phi) is 2.89. The molecule has 1 unspecified atom stereocenters. The van der Waals surface area contributed by atoms with E-state index >= 15 is 0 Å². The number of halogens is 1. The minimum Gasteiger partial charge on any atom is -0.343 e. The Bertz CT molecular complexity index is 84.9. The first-order valence-corrected chi connectivity index (χ1v) is 4.55. The number of hydrogen-bond acceptors (Lipinski definition) is 1. The smallest absolute Gasteiger partial charge is 0.214 e. The van der Waals surface area contributed by atoms with Crippen molar-refractivity contribution in [2.75, 3.05) is 11.8 Å². The Morgan fingerprint density at radius 3 is 2.29 bits per heavy atom. The van der Waals surface area contributed by atoms with Gasteiger partial charge in [0.25, 0.3) is 0 Å². The summed E-state index contributed by atoms with van der Waals surface area (Å²) in [5, 5.41) is 0. The molecule has 0 bridgehead atoms. The average molecular weight is 143 g/mol. The van der Waals surface area contributed by atoms with E-state index in [0.717, 1.165) is 0 Å². The molecule has 0 aromatic heterocycles. The Balaban J connectivity index is 3.61. The molecule has 4 heteroatoms. The highest BCUT2D eigenvalue weighted by Gasteiger charge is 2.10. The van der Waals surface area contributed by atoms with Crippen LogP contribution in [0.5, 0.6) is 0 Å². The van der Waals surface area contributed by atoms with E-state index < -0.39 is 7.37 Å². The maximum absolute atomic E-state index is 10.4. The SMILES string of the molecule is CCP(=O)(O)CCl. The third-order valence-electron chi connectivity index (χ3n) is 0.681. The maximum Gasteiger partial charge on any atom is 0.214 e. The fraction of sp³-hybridized carbons (Fsp3) is 1.00. The van der Waals surface area contributed by atoms with E-state index in [0.29, 0.717) is 0 Å². The highest BCUT2D eigenvalue weighted by molar-refractivity contribution is 7.59. The van der Waals surface area contributed by atoms with Crippen molar-refractivity contribution in [2.45, 2.75) is 6.92 Å². The highest BCUT2D eigenvalue weighted by Crippen LogP contribution is 2.40. The normalized spacial score (nSPS) is 18.7. The Morgan fingerprint density at radius 2 is 2.29 bits per heavy atom. The van der Waals surface area contributed by atoms with Crippen LogP contribution in [0.3, 0.4) is 0 Å². The molecule has 0 aromatic rings. The summed E-state index contributed by atoms with van der Waals surface area (Å²) in [5.74, 6) is 0. The van der Waals surface area contributed by atoms with Crippen molar-refractivity contribution < 1.29 is 9.46 Å². The van der Waals surface area contributed by atoms with Gasteiger partial charge in [0.05, 0.1) is 5.62 Å². The van der Waals surface area contributed by atoms with Gasteiger partial charge < -0.3 is 4.89 Å². The monoisotopic (exact) mass is 142 g/mol. The summed E-state index contributed by atoms with van der Waals surface area (Å²) in [5.41, 5.74) is -0.122. The summed E-state index contributed by atoms with van der Waals surface area (Å²) in [6, 6.07) is 0. The minimum atomic E-state index is -2.89. The molecule has 0 fully saturated rings. The van der Waals surface area contributed by atoms with Crippen LogP contribution >= 0.6 is 19.0 Å². The molecule has 0 aliphatic carbocycles. The van der Waals surface area contributed by atoms with Gasteiger partial charge in [0.1, 0.15) is 0 Å². The van der Waals surface area contributed by atoms with E-state index in [9.17, 15) is 4.57 Å². The largest absolute Gasteiger partial charge is 0.343 e. The van der Waals surface area contributed by atoms with Gasteiger partial charge in [0.15, 0.2) is 0 Å². The third kappa shape index (κ3) is 3.10. The van der Waals surface area contributed by atoms with Gasteiger partial charge in [-0.3, -0.25) is 4.57 Å². The van der Waals surface area contributed by atoms with Crippen molar-refractivity contribution in [3.63, 3.8) is 0 Å². The Morgan fingerprint density at radius 1 is 1.86 bits per heavy atom. The van der Waals surface area contributed by atoms with E-state index in [2.05, 4.69) is 0 Å². The van der Waals surface area contributed by atoms with E-state index in [1.54, 1.807) is 6.92 Å². The zero-order valence-electron chi connectivity index (χ0n) is 4.09. The summed E-state index contributed by atoms with van der Waals surface area (Å²) in [6.45, 7) is 1.64. The lowest BCUT2D eigenvalue weighted by Gasteiger charge is -1.99.